The van der Waals surface area contributed by atoms with Crippen molar-refractivity contribution >= 4 is 22.4 Å². The minimum Gasteiger partial charge on any atom is -0.372 e. The Balaban J connectivity index is 2.60. The molecule has 1 rings (SSSR count). The number of rotatable bonds is 6. The number of hydrogen-bond acceptors (Lipinski definition) is 5. The van der Waals surface area contributed by atoms with Crippen molar-refractivity contribution in [3.8, 4) is 0 Å². The highest BCUT2D eigenvalue weighted by atomic mass is 32.1. The molecule has 0 aromatic carbocycles. The maximum absolute atomic E-state index is 11.4. The average molecular weight is 257 g/mol. The normalized spacial score (nSPS) is 11.5. The minimum absolute atomic E-state index is 0.000558. The third-order valence-electron chi connectivity index (χ3n) is 2.57. The monoisotopic (exact) mass is 257 g/mol. The van der Waals surface area contributed by atoms with E-state index in [1.807, 2.05) is 6.92 Å². The lowest BCUT2D eigenvalue weighted by molar-refractivity contribution is -0.120. The van der Waals surface area contributed by atoms with Crippen molar-refractivity contribution in [1.29, 1.82) is 0 Å². The van der Waals surface area contributed by atoms with Gasteiger partial charge in [-0.25, -0.2) is 0 Å². The van der Waals surface area contributed by atoms with E-state index in [-0.39, 0.29) is 17.9 Å². The zero-order valence-corrected chi connectivity index (χ0v) is 11.6. The van der Waals surface area contributed by atoms with Crippen LogP contribution in [0.25, 0.3) is 0 Å². The SMILES string of the molecule is CCOCC(=O)Nc1nnc(C(C)(C)CC)s1. The first-order chi connectivity index (χ1) is 7.99. The van der Waals surface area contributed by atoms with Crippen molar-refractivity contribution in [1.82, 2.24) is 10.2 Å². The van der Waals surface area contributed by atoms with Crippen molar-refractivity contribution in [2.24, 2.45) is 0 Å². The van der Waals surface area contributed by atoms with Gasteiger partial charge in [0.2, 0.25) is 5.13 Å². The molecular formula is C11H19N3O2S. The van der Waals surface area contributed by atoms with Crippen molar-refractivity contribution in [3.63, 3.8) is 0 Å². The third kappa shape index (κ3) is 4.05. The molecule has 6 heteroatoms. The zero-order valence-electron chi connectivity index (χ0n) is 10.7. The number of nitrogens with one attached hydrogen (secondary N) is 1. The lowest BCUT2D eigenvalue weighted by Crippen LogP contribution is -2.18. The molecule has 5 nitrogen and oxygen atoms in total. The van der Waals surface area contributed by atoms with Gasteiger partial charge in [-0.1, -0.05) is 32.1 Å². The maximum atomic E-state index is 11.4. The molecule has 96 valence electrons. The van der Waals surface area contributed by atoms with Crippen molar-refractivity contribution < 1.29 is 9.53 Å². The minimum atomic E-state index is -0.191. The summed E-state index contributed by atoms with van der Waals surface area (Å²) in [4.78, 5) is 11.4. The first-order valence-electron chi connectivity index (χ1n) is 5.71. The molecule has 1 aromatic rings. The summed E-state index contributed by atoms with van der Waals surface area (Å²) in [5, 5.41) is 12.2. The highest BCUT2D eigenvalue weighted by molar-refractivity contribution is 7.15. The molecule has 1 aromatic heterocycles. The second-order valence-corrected chi connectivity index (χ2v) is 5.31. The van der Waals surface area contributed by atoms with E-state index in [4.69, 9.17) is 4.74 Å². The van der Waals surface area contributed by atoms with Crippen LogP contribution in [0.2, 0.25) is 0 Å². The van der Waals surface area contributed by atoms with Gasteiger partial charge in [0.1, 0.15) is 11.6 Å². The number of nitrogens with zero attached hydrogens (tertiary/aromatic N) is 2. The molecule has 17 heavy (non-hydrogen) atoms. The predicted molar refractivity (Wildman–Crippen MR) is 68.3 cm³/mol. The quantitative estimate of drug-likeness (QED) is 0.848. The number of ether oxygens (including phenoxy) is 1. The van der Waals surface area contributed by atoms with E-state index in [0.29, 0.717) is 11.7 Å². The summed E-state index contributed by atoms with van der Waals surface area (Å²) in [7, 11) is 0. The van der Waals surface area contributed by atoms with Gasteiger partial charge >= 0.3 is 0 Å². The van der Waals surface area contributed by atoms with Crippen molar-refractivity contribution in [2.45, 2.75) is 39.5 Å². The molecule has 0 spiro atoms. The molecule has 0 aliphatic rings. The van der Waals surface area contributed by atoms with Crippen LogP contribution in [0, 0.1) is 0 Å². The zero-order chi connectivity index (χ0) is 12.9. The van der Waals surface area contributed by atoms with Gasteiger partial charge in [-0.3, -0.25) is 10.1 Å². The van der Waals surface area contributed by atoms with Gasteiger partial charge in [-0.2, -0.15) is 0 Å². The summed E-state index contributed by atoms with van der Waals surface area (Å²) >= 11 is 1.42. The Morgan fingerprint density at radius 3 is 2.71 bits per heavy atom. The molecule has 0 aliphatic carbocycles. The Hall–Kier alpha value is -1.01. The summed E-state index contributed by atoms with van der Waals surface area (Å²) in [5.41, 5.74) is 0.000558. The van der Waals surface area contributed by atoms with E-state index in [2.05, 4.69) is 36.3 Å². The Labute approximate surface area is 106 Å². The molecule has 1 heterocycles. The molecule has 0 fully saturated rings. The van der Waals surface area contributed by atoms with Crippen LogP contribution < -0.4 is 5.32 Å². The Morgan fingerprint density at radius 1 is 1.41 bits per heavy atom. The number of hydrogen-bond donors (Lipinski definition) is 1. The van der Waals surface area contributed by atoms with Gasteiger partial charge in [0.05, 0.1) is 0 Å². The van der Waals surface area contributed by atoms with Gasteiger partial charge in [-0.15, -0.1) is 10.2 Å². The second-order valence-electron chi connectivity index (χ2n) is 4.34. The second kappa shape index (κ2) is 6.07. The number of aromatic nitrogens is 2. The lowest BCUT2D eigenvalue weighted by atomic mass is 9.91. The molecule has 0 aliphatic heterocycles. The van der Waals surface area contributed by atoms with E-state index in [9.17, 15) is 4.79 Å². The Morgan fingerprint density at radius 2 is 2.12 bits per heavy atom. The van der Waals surface area contributed by atoms with E-state index in [1.165, 1.54) is 11.3 Å². The molecule has 0 atom stereocenters. The van der Waals surface area contributed by atoms with Gasteiger partial charge in [0, 0.05) is 12.0 Å². The third-order valence-corrected chi connectivity index (χ3v) is 3.78. The fourth-order valence-corrected chi connectivity index (χ4v) is 1.98. The molecule has 0 saturated carbocycles. The van der Waals surface area contributed by atoms with E-state index < -0.39 is 0 Å². The largest absolute Gasteiger partial charge is 0.372 e. The lowest BCUT2D eigenvalue weighted by Gasteiger charge is -2.17. The number of carbonyl (C=O) groups is 1. The van der Waals surface area contributed by atoms with Crippen LogP contribution in [0.15, 0.2) is 0 Å². The van der Waals surface area contributed by atoms with Crippen molar-refractivity contribution in [2.75, 3.05) is 18.5 Å². The van der Waals surface area contributed by atoms with Gasteiger partial charge in [0.25, 0.3) is 5.91 Å². The van der Waals surface area contributed by atoms with Crippen LogP contribution >= 0.6 is 11.3 Å². The summed E-state index contributed by atoms with van der Waals surface area (Å²) in [6.45, 7) is 8.76. The van der Waals surface area contributed by atoms with Crippen LogP contribution in [-0.4, -0.2) is 29.3 Å². The first-order valence-corrected chi connectivity index (χ1v) is 6.52. The van der Waals surface area contributed by atoms with E-state index in [0.717, 1.165) is 11.4 Å². The van der Waals surface area contributed by atoms with Crippen LogP contribution in [0.1, 0.15) is 39.1 Å². The van der Waals surface area contributed by atoms with Crippen LogP contribution in [0.5, 0.6) is 0 Å². The number of amides is 1. The maximum Gasteiger partial charge on any atom is 0.252 e. The number of anilines is 1. The van der Waals surface area contributed by atoms with Crippen molar-refractivity contribution in [3.05, 3.63) is 5.01 Å². The molecule has 1 N–H and O–H groups in total. The predicted octanol–water partition coefficient (Wildman–Crippen LogP) is 2.20. The molecule has 0 saturated heterocycles. The van der Waals surface area contributed by atoms with E-state index in [1.54, 1.807) is 0 Å². The Bertz CT molecular complexity index is 377. The summed E-state index contributed by atoms with van der Waals surface area (Å²) in [6, 6.07) is 0. The average Bonchev–Trinajstić information content (AvgIpc) is 2.75. The summed E-state index contributed by atoms with van der Waals surface area (Å²) < 4.78 is 5.01. The number of carbonyl (C=O) groups excluding carboxylic acids is 1. The van der Waals surface area contributed by atoms with Gasteiger partial charge in [0.15, 0.2) is 0 Å². The highest BCUT2D eigenvalue weighted by Gasteiger charge is 2.23. The highest BCUT2D eigenvalue weighted by Crippen LogP contribution is 2.30. The fourth-order valence-electron chi connectivity index (χ4n) is 1.05. The van der Waals surface area contributed by atoms with Crippen LogP contribution in [-0.2, 0) is 14.9 Å². The summed E-state index contributed by atoms with van der Waals surface area (Å²) in [6.07, 6.45) is 0.981. The molecule has 0 bridgehead atoms. The van der Waals surface area contributed by atoms with E-state index >= 15 is 0 Å². The topological polar surface area (TPSA) is 64.1 Å². The van der Waals surface area contributed by atoms with Crippen LogP contribution in [0.3, 0.4) is 0 Å². The molecule has 0 unspecified atom stereocenters. The van der Waals surface area contributed by atoms with Crippen LogP contribution in [0.4, 0.5) is 5.13 Å². The smallest absolute Gasteiger partial charge is 0.252 e. The molecular weight excluding hydrogens is 238 g/mol. The molecule has 1 amide bonds. The standard InChI is InChI=1S/C11H19N3O2S/c1-5-11(3,4)9-13-14-10(17-9)12-8(15)7-16-6-2/h5-7H2,1-4H3,(H,12,14,15). The fraction of sp³-hybridized carbons (Fsp3) is 0.727. The first kappa shape index (κ1) is 14.1. The molecule has 0 radical (unpaired) electrons. The van der Waals surface area contributed by atoms with Gasteiger partial charge < -0.3 is 4.74 Å². The summed E-state index contributed by atoms with van der Waals surface area (Å²) in [5.74, 6) is -0.191. The Kier molecular flexibility index (Phi) is 5.02. The van der Waals surface area contributed by atoms with Gasteiger partial charge in [-0.05, 0) is 13.3 Å².